The second-order valence-electron chi connectivity index (χ2n) is 8.81. The van der Waals surface area contributed by atoms with Crippen LogP contribution in [-0.2, 0) is 0 Å². The number of hydrogen-bond acceptors (Lipinski definition) is 3. The minimum Gasteiger partial charge on any atom is -0.307 e. The van der Waals surface area contributed by atoms with E-state index in [0.29, 0.717) is 23.1 Å². The number of fused-ring (bicyclic) bond motifs is 3. The van der Waals surface area contributed by atoms with E-state index in [1.807, 2.05) is 116 Å². The molecular weight excluding hydrogens is 448 g/mol. The summed E-state index contributed by atoms with van der Waals surface area (Å²) in [6.45, 7) is 4.39. The molecule has 6 rings (SSSR count). The van der Waals surface area contributed by atoms with Crippen LogP contribution in [-0.4, -0.2) is 26.8 Å². The van der Waals surface area contributed by atoms with Crippen molar-refractivity contribution in [1.29, 1.82) is 0 Å². The monoisotopic (exact) mass is 472 g/mol. The zero-order valence-corrected chi connectivity index (χ0v) is 20.1. The van der Waals surface area contributed by atoms with Crippen molar-refractivity contribution in [2.45, 2.75) is 13.8 Å². The van der Waals surface area contributed by atoms with Crippen molar-refractivity contribution < 1.29 is 4.79 Å². The Balaban J connectivity index is 1.72. The molecule has 0 spiro atoms. The van der Waals surface area contributed by atoms with Crippen molar-refractivity contribution in [3.63, 3.8) is 0 Å². The Morgan fingerprint density at radius 1 is 0.944 bits per heavy atom. The Labute approximate surface area is 208 Å². The molecular formula is C30H24N4O2. The van der Waals surface area contributed by atoms with E-state index in [9.17, 15) is 9.59 Å². The lowest BCUT2D eigenvalue weighted by molar-refractivity contribution is 0.0983. The molecule has 1 amide bonds. The first-order valence-corrected chi connectivity index (χ1v) is 12.0. The molecule has 0 unspecified atom stereocenters. The number of hydrogen-bond donors (Lipinski definition) is 0. The van der Waals surface area contributed by atoms with Gasteiger partial charge in [0.1, 0.15) is 5.52 Å². The maximum Gasteiger partial charge on any atom is 0.296 e. The number of aryl methyl sites for hydroxylation is 1. The SMILES string of the molecule is CCN(C(=O)c1nn(-c2ccc(C)cc2)c(=O)c2c1c1ccccc1n2C1=CC=C1)c1ccccc1. The van der Waals surface area contributed by atoms with Gasteiger partial charge in [0.15, 0.2) is 5.69 Å². The van der Waals surface area contributed by atoms with Gasteiger partial charge in [0.25, 0.3) is 11.5 Å². The van der Waals surface area contributed by atoms with Crippen LogP contribution in [0.1, 0.15) is 23.0 Å². The van der Waals surface area contributed by atoms with Crippen LogP contribution in [0.15, 0.2) is 102 Å². The fraction of sp³-hybridized carbons (Fsp3) is 0.100. The predicted octanol–water partition coefficient (Wildman–Crippen LogP) is 5.73. The highest BCUT2D eigenvalue weighted by Crippen LogP contribution is 2.34. The number of nitrogens with zero attached hydrogens (tertiary/aromatic N) is 4. The number of anilines is 1. The Morgan fingerprint density at radius 2 is 1.64 bits per heavy atom. The molecule has 6 nitrogen and oxygen atoms in total. The Bertz CT molecular complexity index is 1760. The zero-order valence-electron chi connectivity index (χ0n) is 20.1. The van der Waals surface area contributed by atoms with Crippen molar-refractivity contribution in [1.82, 2.24) is 14.3 Å². The van der Waals surface area contributed by atoms with E-state index in [1.54, 1.807) is 4.90 Å². The molecule has 0 radical (unpaired) electrons. The third-order valence-electron chi connectivity index (χ3n) is 6.61. The van der Waals surface area contributed by atoms with Gasteiger partial charge >= 0.3 is 0 Å². The van der Waals surface area contributed by atoms with Gasteiger partial charge in [0.2, 0.25) is 0 Å². The van der Waals surface area contributed by atoms with E-state index in [4.69, 9.17) is 5.10 Å². The molecule has 36 heavy (non-hydrogen) atoms. The van der Waals surface area contributed by atoms with Crippen molar-refractivity contribution in [2.24, 2.45) is 0 Å². The van der Waals surface area contributed by atoms with Crippen LogP contribution in [0.3, 0.4) is 0 Å². The molecule has 1 aliphatic carbocycles. The van der Waals surface area contributed by atoms with Crippen LogP contribution in [0.25, 0.3) is 33.2 Å². The second-order valence-corrected chi connectivity index (χ2v) is 8.81. The molecule has 176 valence electrons. The zero-order chi connectivity index (χ0) is 24.8. The fourth-order valence-corrected chi connectivity index (χ4v) is 4.77. The largest absolute Gasteiger partial charge is 0.307 e. The molecule has 0 saturated heterocycles. The third-order valence-corrected chi connectivity index (χ3v) is 6.61. The van der Waals surface area contributed by atoms with Crippen LogP contribution in [0.5, 0.6) is 0 Å². The highest BCUT2D eigenvalue weighted by atomic mass is 16.2. The van der Waals surface area contributed by atoms with E-state index < -0.39 is 0 Å². The highest BCUT2D eigenvalue weighted by molar-refractivity contribution is 6.21. The van der Waals surface area contributed by atoms with Gasteiger partial charge < -0.3 is 9.47 Å². The molecule has 1 aliphatic rings. The Morgan fingerprint density at radius 3 is 2.31 bits per heavy atom. The van der Waals surface area contributed by atoms with Crippen molar-refractivity contribution in [3.8, 4) is 5.69 Å². The molecule has 0 aliphatic heterocycles. The van der Waals surface area contributed by atoms with E-state index in [1.165, 1.54) is 4.68 Å². The van der Waals surface area contributed by atoms with Crippen LogP contribution < -0.4 is 10.5 Å². The number of carbonyl (C=O) groups excluding carboxylic acids is 1. The van der Waals surface area contributed by atoms with Gasteiger partial charge in [-0.15, -0.1) is 0 Å². The first-order chi connectivity index (χ1) is 17.6. The molecule has 0 fully saturated rings. The lowest BCUT2D eigenvalue weighted by atomic mass is 10.1. The molecule has 2 aromatic heterocycles. The van der Waals surface area contributed by atoms with Crippen LogP contribution in [0.4, 0.5) is 5.69 Å². The van der Waals surface area contributed by atoms with E-state index >= 15 is 0 Å². The quantitative estimate of drug-likeness (QED) is 0.328. The number of rotatable bonds is 5. The molecule has 2 heterocycles. The normalized spacial score (nSPS) is 12.6. The topological polar surface area (TPSA) is 60.1 Å². The summed E-state index contributed by atoms with van der Waals surface area (Å²) in [5, 5.41) is 6.11. The Kier molecular flexibility index (Phi) is 5.15. The summed E-state index contributed by atoms with van der Waals surface area (Å²) in [6, 6.07) is 24.9. The summed E-state index contributed by atoms with van der Waals surface area (Å²) >= 11 is 0. The number of aromatic nitrogens is 3. The maximum atomic E-state index is 14.2. The molecule has 0 N–H and O–H groups in total. The predicted molar refractivity (Wildman–Crippen MR) is 145 cm³/mol. The van der Waals surface area contributed by atoms with Crippen molar-refractivity contribution >= 4 is 39.1 Å². The summed E-state index contributed by atoms with van der Waals surface area (Å²) in [5.41, 5.74) is 4.63. The van der Waals surface area contributed by atoms with Gasteiger partial charge in [-0.3, -0.25) is 9.59 Å². The highest BCUT2D eigenvalue weighted by Gasteiger charge is 2.28. The summed E-state index contributed by atoms with van der Waals surface area (Å²) < 4.78 is 3.29. The average molecular weight is 473 g/mol. The van der Waals surface area contributed by atoms with E-state index in [-0.39, 0.29) is 17.2 Å². The maximum absolute atomic E-state index is 14.2. The Hall–Kier alpha value is -4.71. The minimum atomic E-state index is -0.273. The van der Waals surface area contributed by atoms with Crippen LogP contribution >= 0.6 is 0 Å². The molecule has 6 heteroatoms. The van der Waals surface area contributed by atoms with Gasteiger partial charge in [-0.25, -0.2) is 0 Å². The summed E-state index contributed by atoms with van der Waals surface area (Å²) in [4.78, 5) is 29.9. The smallest absolute Gasteiger partial charge is 0.296 e. The van der Waals surface area contributed by atoms with Crippen LogP contribution in [0, 0.1) is 6.92 Å². The first-order valence-electron chi connectivity index (χ1n) is 12.0. The lowest BCUT2D eigenvalue weighted by Crippen LogP contribution is -2.34. The second kappa shape index (κ2) is 8.50. The number of allylic oxidation sites excluding steroid dienone is 4. The fourth-order valence-electron chi connectivity index (χ4n) is 4.77. The van der Waals surface area contributed by atoms with Gasteiger partial charge in [-0.1, -0.05) is 60.2 Å². The third kappa shape index (κ3) is 3.30. The van der Waals surface area contributed by atoms with Crippen molar-refractivity contribution in [3.05, 3.63) is 119 Å². The number of para-hydroxylation sites is 2. The van der Waals surface area contributed by atoms with E-state index in [2.05, 4.69) is 0 Å². The molecule has 0 bridgehead atoms. The standard InChI is InChI=1S/C30H24N4O2/c1-3-32(21-10-5-4-6-11-21)29(35)27-26-24-14-7-8-15-25(24)33(22-12-9-13-22)28(26)30(36)34(31-27)23-18-16-20(2)17-19-23/h4-19H,3H2,1-2H3. The molecule has 0 saturated carbocycles. The summed E-state index contributed by atoms with van der Waals surface area (Å²) in [6.07, 6.45) is 5.87. The lowest BCUT2D eigenvalue weighted by Gasteiger charge is -2.21. The minimum absolute atomic E-state index is 0.245. The van der Waals surface area contributed by atoms with Crippen LogP contribution in [0.2, 0.25) is 0 Å². The van der Waals surface area contributed by atoms with Gasteiger partial charge in [-0.05, 0) is 56.3 Å². The van der Waals surface area contributed by atoms with Crippen molar-refractivity contribution in [2.75, 3.05) is 11.4 Å². The molecule has 5 aromatic rings. The molecule has 0 atom stereocenters. The van der Waals surface area contributed by atoms with Gasteiger partial charge in [0.05, 0.1) is 11.2 Å². The number of amides is 1. The molecule has 3 aromatic carbocycles. The van der Waals surface area contributed by atoms with Gasteiger partial charge in [0, 0.05) is 28.7 Å². The van der Waals surface area contributed by atoms with E-state index in [0.717, 1.165) is 27.9 Å². The average Bonchev–Trinajstić information content (AvgIpc) is 3.21. The first kappa shape index (κ1) is 21.8. The number of benzene rings is 3. The van der Waals surface area contributed by atoms with Gasteiger partial charge in [-0.2, -0.15) is 9.78 Å². The summed E-state index contributed by atoms with van der Waals surface area (Å²) in [5.74, 6) is -0.254. The summed E-state index contributed by atoms with van der Waals surface area (Å²) in [7, 11) is 0. The number of carbonyl (C=O) groups is 1.